The SMILES string of the molecule is COC(=O)[C@@H]1COC([C@@H]2CSC([C@H](C)NC(=O)OC(C)(C)C)=N2)=N1. The number of aliphatic imine (C=N–C) groups is 2. The summed E-state index contributed by atoms with van der Waals surface area (Å²) in [5.41, 5.74) is -0.549. The van der Waals surface area contributed by atoms with E-state index in [-0.39, 0.29) is 18.7 Å². The van der Waals surface area contributed by atoms with E-state index in [0.29, 0.717) is 11.7 Å². The molecule has 0 unspecified atom stereocenters. The van der Waals surface area contributed by atoms with Crippen LogP contribution in [-0.2, 0) is 19.0 Å². The molecule has 0 aromatic carbocycles. The zero-order valence-electron chi connectivity index (χ0n) is 14.5. The third-order valence-electron chi connectivity index (χ3n) is 3.21. The smallest absolute Gasteiger partial charge is 0.408 e. The average Bonchev–Trinajstić information content (AvgIpc) is 3.13. The van der Waals surface area contributed by atoms with Gasteiger partial charge in [0.05, 0.1) is 18.2 Å². The molecule has 0 aliphatic carbocycles. The van der Waals surface area contributed by atoms with Gasteiger partial charge in [0.1, 0.15) is 18.2 Å². The summed E-state index contributed by atoms with van der Waals surface area (Å²) in [6.07, 6.45) is -0.484. The molecule has 0 fully saturated rings. The number of amides is 1. The Morgan fingerprint density at radius 3 is 2.71 bits per heavy atom. The predicted molar refractivity (Wildman–Crippen MR) is 91.7 cm³/mol. The summed E-state index contributed by atoms with van der Waals surface area (Å²) in [7, 11) is 1.32. The van der Waals surface area contributed by atoms with E-state index in [1.165, 1.54) is 18.9 Å². The summed E-state index contributed by atoms with van der Waals surface area (Å²) in [5, 5.41) is 3.53. The summed E-state index contributed by atoms with van der Waals surface area (Å²) in [6, 6.07) is -1.14. The van der Waals surface area contributed by atoms with E-state index < -0.39 is 23.7 Å². The fourth-order valence-electron chi connectivity index (χ4n) is 2.13. The highest BCUT2D eigenvalue weighted by Gasteiger charge is 2.34. The zero-order valence-corrected chi connectivity index (χ0v) is 15.3. The summed E-state index contributed by atoms with van der Waals surface area (Å²) in [5.74, 6) is 0.680. The minimum atomic E-state index is -0.619. The molecule has 8 nitrogen and oxygen atoms in total. The fourth-order valence-corrected chi connectivity index (χ4v) is 3.19. The van der Waals surface area contributed by atoms with E-state index in [2.05, 4.69) is 20.0 Å². The molecule has 0 aromatic heterocycles. The number of rotatable bonds is 4. The van der Waals surface area contributed by atoms with Crippen LogP contribution in [0.5, 0.6) is 0 Å². The number of alkyl carbamates (subject to hydrolysis) is 1. The minimum Gasteiger partial charge on any atom is -0.476 e. The first-order valence-corrected chi connectivity index (χ1v) is 8.66. The normalized spacial score (nSPS) is 24.5. The Balaban J connectivity index is 1.93. The topological polar surface area (TPSA) is 98.6 Å². The molecule has 0 spiro atoms. The maximum absolute atomic E-state index is 11.8. The lowest BCUT2D eigenvalue weighted by molar-refractivity contribution is -0.142. The highest BCUT2D eigenvalue weighted by atomic mass is 32.2. The van der Waals surface area contributed by atoms with Crippen LogP contribution in [0.25, 0.3) is 0 Å². The Hall–Kier alpha value is -1.77. The predicted octanol–water partition coefficient (Wildman–Crippen LogP) is 1.38. The Kier molecular flexibility index (Phi) is 5.74. The van der Waals surface area contributed by atoms with Crippen LogP contribution in [0.4, 0.5) is 4.79 Å². The summed E-state index contributed by atoms with van der Waals surface area (Å²) in [4.78, 5) is 32.1. The first-order chi connectivity index (χ1) is 11.2. The van der Waals surface area contributed by atoms with Crippen molar-refractivity contribution in [3.63, 3.8) is 0 Å². The number of nitrogens with zero attached hydrogens (tertiary/aromatic N) is 2. The Labute approximate surface area is 145 Å². The Morgan fingerprint density at radius 1 is 1.38 bits per heavy atom. The van der Waals surface area contributed by atoms with Gasteiger partial charge in [-0.2, -0.15) is 0 Å². The molecule has 2 aliphatic rings. The van der Waals surface area contributed by atoms with Crippen LogP contribution in [-0.4, -0.2) is 66.2 Å². The van der Waals surface area contributed by atoms with Crippen LogP contribution in [0.2, 0.25) is 0 Å². The Bertz CT molecular complexity index is 570. The molecule has 134 valence electrons. The number of methoxy groups -OCH3 is 1. The summed E-state index contributed by atoms with van der Waals surface area (Å²) < 4.78 is 15.4. The molecule has 1 N–H and O–H groups in total. The van der Waals surface area contributed by atoms with Gasteiger partial charge in [-0.1, -0.05) is 0 Å². The second kappa shape index (κ2) is 7.42. The van der Waals surface area contributed by atoms with Crippen LogP contribution >= 0.6 is 11.8 Å². The van der Waals surface area contributed by atoms with Gasteiger partial charge in [-0.05, 0) is 27.7 Å². The highest BCUT2D eigenvalue weighted by Crippen LogP contribution is 2.24. The zero-order chi connectivity index (χ0) is 17.9. The fraction of sp³-hybridized carbons (Fsp3) is 0.733. The number of carbonyl (C=O) groups excluding carboxylic acids is 2. The standard InChI is InChI=1S/C15H23N3O5S/c1-8(16-14(20)23-15(2,3)4)12-18-10(7-24-12)11-17-9(6-22-11)13(19)21-5/h8-10H,6-7H2,1-5H3,(H,16,20)/t8-,9-,10-/m0/s1. The minimum absolute atomic E-state index is 0.180. The van der Waals surface area contributed by atoms with Crippen molar-refractivity contribution in [2.24, 2.45) is 9.98 Å². The van der Waals surface area contributed by atoms with Gasteiger partial charge in [0.25, 0.3) is 0 Å². The molecule has 2 rings (SSSR count). The maximum Gasteiger partial charge on any atom is 0.408 e. The van der Waals surface area contributed by atoms with E-state index in [1.807, 2.05) is 27.7 Å². The molecule has 0 saturated carbocycles. The van der Waals surface area contributed by atoms with Gasteiger partial charge in [-0.15, -0.1) is 11.8 Å². The van der Waals surface area contributed by atoms with Crippen molar-refractivity contribution in [3.05, 3.63) is 0 Å². The number of thioether (sulfide) groups is 1. The lowest BCUT2D eigenvalue weighted by Crippen LogP contribution is -2.40. The lowest BCUT2D eigenvalue weighted by atomic mass is 10.2. The van der Waals surface area contributed by atoms with Crippen molar-refractivity contribution in [2.75, 3.05) is 19.5 Å². The third-order valence-corrected chi connectivity index (χ3v) is 4.44. The quantitative estimate of drug-likeness (QED) is 0.763. The largest absolute Gasteiger partial charge is 0.476 e. The molecule has 3 atom stereocenters. The number of carbonyl (C=O) groups is 2. The van der Waals surface area contributed by atoms with Crippen molar-refractivity contribution >= 4 is 34.8 Å². The molecule has 2 aliphatic heterocycles. The molecule has 0 bridgehead atoms. The van der Waals surface area contributed by atoms with Crippen LogP contribution in [0.15, 0.2) is 9.98 Å². The molecule has 24 heavy (non-hydrogen) atoms. The average molecular weight is 357 g/mol. The number of hydrogen-bond acceptors (Lipinski definition) is 8. The molecule has 0 saturated heterocycles. The van der Waals surface area contributed by atoms with Crippen LogP contribution in [0.3, 0.4) is 0 Å². The van der Waals surface area contributed by atoms with Crippen molar-refractivity contribution < 1.29 is 23.8 Å². The van der Waals surface area contributed by atoms with Gasteiger partial charge in [0, 0.05) is 5.75 Å². The van der Waals surface area contributed by atoms with Crippen LogP contribution in [0.1, 0.15) is 27.7 Å². The third kappa shape index (κ3) is 4.86. The van der Waals surface area contributed by atoms with Gasteiger partial charge in [0.2, 0.25) is 5.90 Å². The molecule has 2 heterocycles. The molecule has 9 heteroatoms. The molecular weight excluding hydrogens is 334 g/mol. The summed E-state index contributed by atoms with van der Waals surface area (Å²) >= 11 is 1.52. The molecule has 0 aromatic rings. The van der Waals surface area contributed by atoms with Crippen molar-refractivity contribution in [1.82, 2.24) is 5.32 Å². The second-order valence-electron chi connectivity index (χ2n) is 6.48. The number of ether oxygens (including phenoxy) is 3. The molecule has 1 amide bonds. The van der Waals surface area contributed by atoms with Crippen molar-refractivity contribution in [3.8, 4) is 0 Å². The van der Waals surface area contributed by atoms with Gasteiger partial charge in [0.15, 0.2) is 6.04 Å². The monoisotopic (exact) mass is 357 g/mol. The number of hydrogen-bond donors (Lipinski definition) is 1. The first kappa shape index (κ1) is 18.6. The number of esters is 1. The van der Waals surface area contributed by atoms with Gasteiger partial charge < -0.3 is 19.5 Å². The van der Waals surface area contributed by atoms with Crippen LogP contribution in [0, 0.1) is 0 Å². The lowest BCUT2D eigenvalue weighted by Gasteiger charge is -2.21. The summed E-state index contributed by atoms with van der Waals surface area (Å²) in [6.45, 7) is 7.44. The van der Waals surface area contributed by atoms with Gasteiger partial charge >= 0.3 is 12.1 Å². The number of nitrogens with one attached hydrogen (secondary N) is 1. The first-order valence-electron chi connectivity index (χ1n) is 7.68. The van der Waals surface area contributed by atoms with Crippen LogP contribution < -0.4 is 5.32 Å². The van der Waals surface area contributed by atoms with E-state index in [4.69, 9.17) is 9.47 Å². The van der Waals surface area contributed by atoms with Gasteiger partial charge in [-0.25, -0.2) is 14.6 Å². The van der Waals surface area contributed by atoms with E-state index >= 15 is 0 Å². The second-order valence-corrected chi connectivity index (χ2v) is 7.52. The van der Waals surface area contributed by atoms with E-state index in [1.54, 1.807) is 0 Å². The Morgan fingerprint density at radius 2 is 2.08 bits per heavy atom. The maximum atomic E-state index is 11.8. The molecular formula is C15H23N3O5S. The van der Waals surface area contributed by atoms with E-state index in [9.17, 15) is 9.59 Å². The van der Waals surface area contributed by atoms with Crippen molar-refractivity contribution in [1.29, 1.82) is 0 Å². The molecule has 0 radical (unpaired) electrons. The highest BCUT2D eigenvalue weighted by molar-refractivity contribution is 8.14. The van der Waals surface area contributed by atoms with Gasteiger partial charge in [-0.3, -0.25) is 4.99 Å². The van der Waals surface area contributed by atoms with Crippen molar-refractivity contribution in [2.45, 2.75) is 51.4 Å². The van der Waals surface area contributed by atoms with E-state index in [0.717, 1.165) is 5.04 Å².